The lowest BCUT2D eigenvalue weighted by atomic mass is 10.1. The Kier molecular flexibility index (Phi) is 5.31. The molecule has 0 spiro atoms. The fraction of sp³-hybridized carbons (Fsp3) is 0.562. The zero-order valence-corrected chi connectivity index (χ0v) is 13.5. The summed E-state index contributed by atoms with van der Waals surface area (Å²) in [7, 11) is 0. The summed E-state index contributed by atoms with van der Waals surface area (Å²) in [5.74, 6) is 1.82. The lowest BCUT2D eigenvalue weighted by Crippen LogP contribution is -2.10. The van der Waals surface area contributed by atoms with Crippen LogP contribution in [0.15, 0.2) is 12.3 Å². The summed E-state index contributed by atoms with van der Waals surface area (Å²) >= 11 is 0. The summed E-state index contributed by atoms with van der Waals surface area (Å²) in [6, 6.07) is 2.04. The second-order valence-corrected chi connectivity index (χ2v) is 5.18. The second kappa shape index (κ2) is 7.20. The number of rotatable bonds is 7. The highest BCUT2D eigenvalue weighted by molar-refractivity contribution is 5.65. The Hall–Kier alpha value is -1.91. The Balaban J connectivity index is 2.48. The molecule has 2 aromatic rings. The summed E-state index contributed by atoms with van der Waals surface area (Å²) in [5.41, 5.74) is 3.16. The minimum atomic E-state index is 0.829. The molecule has 5 heteroatoms. The fourth-order valence-electron chi connectivity index (χ4n) is 2.31. The molecule has 0 aliphatic rings. The van der Waals surface area contributed by atoms with E-state index in [2.05, 4.69) is 43.1 Å². The summed E-state index contributed by atoms with van der Waals surface area (Å²) in [6.07, 6.45) is 4.81. The first-order valence-electron chi connectivity index (χ1n) is 7.84. The number of hydrogen-bond donors (Lipinski definition) is 1. The van der Waals surface area contributed by atoms with E-state index in [1.54, 1.807) is 0 Å². The first-order valence-corrected chi connectivity index (χ1v) is 7.84. The molecule has 0 atom stereocenters. The fourth-order valence-corrected chi connectivity index (χ4v) is 2.31. The maximum absolute atomic E-state index is 4.73. The summed E-state index contributed by atoms with van der Waals surface area (Å²) in [4.78, 5) is 9.36. The lowest BCUT2D eigenvalue weighted by molar-refractivity contribution is 0.607. The molecule has 0 saturated carbocycles. The molecule has 0 saturated heterocycles. The maximum atomic E-state index is 4.73. The molecular formula is C16H25N5. The van der Waals surface area contributed by atoms with Crippen molar-refractivity contribution in [1.29, 1.82) is 0 Å². The topological polar surface area (TPSA) is 55.6 Å². The average molecular weight is 287 g/mol. The van der Waals surface area contributed by atoms with E-state index in [9.17, 15) is 0 Å². The number of aromatic nitrogens is 4. The van der Waals surface area contributed by atoms with Gasteiger partial charge in [-0.1, -0.05) is 20.8 Å². The molecule has 5 nitrogen and oxygen atoms in total. The van der Waals surface area contributed by atoms with Crippen molar-refractivity contribution in [2.45, 2.75) is 53.5 Å². The first-order chi connectivity index (χ1) is 10.2. The van der Waals surface area contributed by atoms with Gasteiger partial charge in [0.15, 0.2) is 0 Å². The van der Waals surface area contributed by atoms with Gasteiger partial charge in [-0.05, 0) is 25.8 Å². The van der Waals surface area contributed by atoms with Crippen molar-refractivity contribution < 1.29 is 0 Å². The maximum Gasteiger partial charge on any atom is 0.133 e. The van der Waals surface area contributed by atoms with Gasteiger partial charge in [-0.2, -0.15) is 5.10 Å². The van der Waals surface area contributed by atoms with Crippen molar-refractivity contribution in [1.82, 2.24) is 19.7 Å². The third-order valence-corrected chi connectivity index (χ3v) is 3.45. The molecule has 0 aliphatic carbocycles. The van der Waals surface area contributed by atoms with Crippen molar-refractivity contribution in [3.05, 3.63) is 23.7 Å². The Morgan fingerprint density at radius 3 is 2.62 bits per heavy atom. The van der Waals surface area contributed by atoms with Crippen LogP contribution < -0.4 is 5.32 Å². The molecular weight excluding hydrogens is 262 g/mol. The van der Waals surface area contributed by atoms with Gasteiger partial charge in [0.2, 0.25) is 0 Å². The zero-order chi connectivity index (χ0) is 15.2. The Morgan fingerprint density at radius 1 is 1.14 bits per heavy atom. The second-order valence-electron chi connectivity index (χ2n) is 5.18. The highest BCUT2D eigenvalue weighted by Crippen LogP contribution is 2.26. The largest absolute Gasteiger partial charge is 0.370 e. The van der Waals surface area contributed by atoms with Crippen LogP contribution >= 0.6 is 0 Å². The molecule has 1 N–H and O–H groups in total. The van der Waals surface area contributed by atoms with Gasteiger partial charge in [0.1, 0.15) is 11.6 Å². The number of nitrogens with zero attached hydrogens (tertiary/aromatic N) is 4. The van der Waals surface area contributed by atoms with E-state index < -0.39 is 0 Å². The molecule has 0 aliphatic heterocycles. The van der Waals surface area contributed by atoms with Crippen LogP contribution in [0.1, 0.15) is 45.0 Å². The summed E-state index contributed by atoms with van der Waals surface area (Å²) in [6.45, 7) is 10.3. The van der Waals surface area contributed by atoms with Gasteiger partial charge in [-0.3, -0.25) is 4.68 Å². The Bertz CT molecular complexity index is 588. The van der Waals surface area contributed by atoms with Crippen LogP contribution in [0, 0.1) is 6.92 Å². The quantitative estimate of drug-likeness (QED) is 0.847. The SMILES string of the molecule is CCCNc1nc(CC)nc(-c2ccnn2CCC)c1C. The molecule has 2 heterocycles. The smallest absolute Gasteiger partial charge is 0.133 e. The van der Waals surface area contributed by atoms with E-state index in [-0.39, 0.29) is 0 Å². The molecule has 0 aromatic carbocycles. The van der Waals surface area contributed by atoms with Crippen LogP contribution in [0.4, 0.5) is 5.82 Å². The average Bonchev–Trinajstić information content (AvgIpc) is 2.95. The third kappa shape index (κ3) is 3.40. The molecule has 0 bridgehead atoms. The van der Waals surface area contributed by atoms with Gasteiger partial charge < -0.3 is 5.32 Å². The highest BCUT2D eigenvalue weighted by atomic mass is 15.3. The highest BCUT2D eigenvalue weighted by Gasteiger charge is 2.15. The number of aryl methyl sites for hydroxylation is 2. The Morgan fingerprint density at radius 2 is 1.95 bits per heavy atom. The van der Waals surface area contributed by atoms with Gasteiger partial charge >= 0.3 is 0 Å². The van der Waals surface area contributed by atoms with Crippen LogP contribution in [-0.4, -0.2) is 26.3 Å². The number of anilines is 1. The predicted octanol–water partition coefficient (Wildman–Crippen LogP) is 3.44. The van der Waals surface area contributed by atoms with E-state index in [1.165, 1.54) is 0 Å². The minimum absolute atomic E-state index is 0.829. The van der Waals surface area contributed by atoms with E-state index in [0.717, 1.165) is 60.9 Å². The standard InChI is InChI=1S/C16H25N5/c1-5-9-17-16-12(4)15(19-14(7-3)20-16)13-8-10-18-21(13)11-6-2/h8,10H,5-7,9,11H2,1-4H3,(H,17,19,20). The van der Waals surface area contributed by atoms with E-state index >= 15 is 0 Å². The Labute approximate surface area is 126 Å². The van der Waals surface area contributed by atoms with E-state index in [1.807, 2.05) is 16.9 Å². The molecule has 2 rings (SSSR count). The van der Waals surface area contributed by atoms with Gasteiger partial charge in [0.25, 0.3) is 0 Å². The van der Waals surface area contributed by atoms with Crippen LogP contribution in [0.2, 0.25) is 0 Å². The predicted molar refractivity (Wildman–Crippen MR) is 86.4 cm³/mol. The molecule has 0 fully saturated rings. The van der Waals surface area contributed by atoms with Crippen molar-refractivity contribution in [2.24, 2.45) is 0 Å². The minimum Gasteiger partial charge on any atom is -0.370 e. The van der Waals surface area contributed by atoms with Gasteiger partial charge in [-0.15, -0.1) is 0 Å². The van der Waals surface area contributed by atoms with Crippen molar-refractivity contribution >= 4 is 5.82 Å². The third-order valence-electron chi connectivity index (χ3n) is 3.45. The molecule has 21 heavy (non-hydrogen) atoms. The lowest BCUT2D eigenvalue weighted by Gasteiger charge is -2.14. The zero-order valence-electron chi connectivity index (χ0n) is 13.5. The van der Waals surface area contributed by atoms with Gasteiger partial charge in [0.05, 0.1) is 11.4 Å². The van der Waals surface area contributed by atoms with Crippen molar-refractivity contribution in [2.75, 3.05) is 11.9 Å². The van der Waals surface area contributed by atoms with Crippen LogP contribution in [0.25, 0.3) is 11.4 Å². The van der Waals surface area contributed by atoms with Crippen LogP contribution in [-0.2, 0) is 13.0 Å². The van der Waals surface area contributed by atoms with Crippen LogP contribution in [0.3, 0.4) is 0 Å². The van der Waals surface area contributed by atoms with Crippen LogP contribution in [0.5, 0.6) is 0 Å². The monoisotopic (exact) mass is 287 g/mol. The normalized spacial score (nSPS) is 10.9. The molecule has 0 amide bonds. The van der Waals surface area contributed by atoms with Gasteiger partial charge in [-0.25, -0.2) is 9.97 Å². The summed E-state index contributed by atoms with van der Waals surface area (Å²) in [5, 5.41) is 7.82. The molecule has 2 aromatic heterocycles. The molecule has 0 radical (unpaired) electrons. The van der Waals surface area contributed by atoms with Gasteiger partial charge in [0, 0.05) is 31.3 Å². The molecule has 114 valence electrons. The first kappa shape index (κ1) is 15.5. The van der Waals surface area contributed by atoms with E-state index in [0.29, 0.717) is 0 Å². The van der Waals surface area contributed by atoms with Crippen molar-refractivity contribution in [3.63, 3.8) is 0 Å². The summed E-state index contributed by atoms with van der Waals surface area (Å²) < 4.78 is 2.03. The number of hydrogen-bond acceptors (Lipinski definition) is 4. The number of nitrogens with one attached hydrogen (secondary N) is 1. The van der Waals surface area contributed by atoms with E-state index in [4.69, 9.17) is 4.98 Å². The molecule has 0 unspecified atom stereocenters. The van der Waals surface area contributed by atoms with Crippen molar-refractivity contribution in [3.8, 4) is 11.4 Å².